The molecule has 8 heteroatoms. The van der Waals surface area contributed by atoms with Crippen LogP contribution in [0.3, 0.4) is 0 Å². The Morgan fingerprint density at radius 3 is 3.04 bits per heavy atom. The van der Waals surface area contributed by atoms with Gasteiger partial charge in [0, 0.05) is 32.4 Å². The van der Waals surface area contributed by atoms with E-state index in [-0.39, 0.29) is 12.5 Å². The lowest BCUT2D eigenvalue weighted by atomic mass is 10.3. The van der Waals surface area contributed by atoms with Crippen LogP contribution in [0.5, 0.6) is 0 Å². The van der Waals surface area contributed by atoms with Gasteiger partial charge in [0.2, 0.25) is 5.91 Å². The van der Waals surface area contributed by atoms with Gasteiger partial charge in [0.1, 0.15) is 0 Å². The summed E-state index contributed by atoms with van der Waals surface area (Å²) in [4.78, 5) is 18.8. The van der Waals surface area contributed by atoms with Crippen LogP contribution in [0.15, 0.2) is 18.2 Å². The van der Waals surface area contributed by atoms with E-state index in [1.54, 1.807) is 18.4 Å². The number of aromatic nitrogens is 1. The molecule has 0 saturated carbocycles. The maximum atomic E-state index is 11.9. The molecule has 0 bridgehead atoms. The minimum atomic E-state index is -0.0663. The summed E-state index contributed by atoms with van der Waals surface area (Å²) in [6.45, 7) is 4.74. The third kappa shape index (κ3) is 4.41. The maximum absolute atomic E-state index is 11.9. The Morgan fingerprint density at radius 1 is 1.42 bits per heavy atom. The number of hydrogen-bond donors (Lipinski definition) is 2. The molecule has 2 aromatic rings. The predicted molar refractivity (Wildman–Crippen MR) is 96.0 cm³/mol. The largest absolute Gasteiger partial charge is 0.383 e. The van der Waals surface area contributed by atoms with E-state index in [9.17, 15) is 4.79 Å². The summed E-state index contributed by atoms with van der Waals surface area (Å²) in [6.07, 6.45) is 0. The van der Waals surface area contributed by atoms with Crippen molar-refractivity contribution in [3.05, 3.63) is 18.2 Å². The molecule has 0 unspecified atom stereocenters. The number of amides is 1. The molecule has 1 aliphatic heterocycles. The zero-order valence-corrected chi connectivity index (χ0v) is 14.5. The van der Waals surface area contributed by atoms with Gasteiger partial charge in [-0.25, -0.2) is 4.98 Å². The second kappa shape index (κ2) is 8.39. The Labute approximate surface area is 144 Å². The second-order valence-electron chi connectivity index (χ2n) is 5.50. The molecule has 1 aromatic heterocycles. The van der Waals surface area contributed by atoms with E-state index in [0.29, 0.717) is 13.2 Å². The average molecular weight is 350 g/mol. The normalized spacial score (nSPS) is 15.0. The molecule has 2 heterocycles. The molecule has 2 N–H and O–H groups in total. The Balaban J connectivity index is 1.61. The monoisotopic (exact) mass is 350 g/mol. The highest BCUT2D eigenvalue weighted by Crippen LogP contribution is 2.31. The fraction of sp³-hybridized carbons (Fsp3) is 0.500. The van der Waals surface area contributed by atoms with Crippen LogP contribution in [0.4, 0.5) is 10.8 Å². The molecule has 0 aliphatic carbocycles. The third-order valence-corrected chi connectivity index (χ3v) is 4.79. The van der Waals surface area contributed by atoms with Gasteiger partial charge in [0.05, 0.1) is 36.6 Å². The maximum Gasteiger partial charge on any atom is 0.238 e. The van der Waals surface area contributed by atoms with Crippen molar-refractivity contribution in [2.75, 3.05) is 63.3 Å². The standard InChI is InChI=1S/C16H22N4O3S/c1-22-7-4-17-11-15(21)18-12-2-3-13-14(10-12)24-16(19-13)20-5-8-23-9-6-20/h2-3,10,17H,4-9,11H2,1H3,(H,18,21). The molecular weight excluding hydrogens is 328 g/mol. The molecule has 0 atom stereocenters. The predicted octanol–water partition coefficient (Wildman–Crippen LogP) is 1.31. The number of benzene rings is 1. The van der Waals surface area contributed by atoms with Gasteiger partial charge in [-0.3, -0.25) is 4.79 Å². The summed E-state index contributed by atoms with van der Waals surface area (Å²) in [6, 6.07) is 5.81. The number of hydrogen-bond acceptors (Lipinski definition) is 7. The number of carbonyl (C=O) groups excluding carboxylic acids is 1. The van der Waals surface area contributed by atoms with E-state index in [1.165, 1.54) is 0 Å². The number of methoxy groups -OCH3 is 1. The van der Waals surface area contributed by atoms with Crippen molar-refractivity contribution in [1.82, 2.24) is 10.3 Å². The van der Waals surface area contributed by atoms with E-state index in [4.69, 9.17) is 9.47 Å². The fourth-order valence-electron chi connectivity index (χ4n) is 2.46. The minimum Gasteiger partial charge on any atom is -0.383 e. The molecular formula is C16H22N4O3S. The smallest absolute Gasteiger partial charge is 0.238 e. The van der Waals surface area contributed by atoms with Crippen LogP contribution in [0.1, 0.15) is 0 Å². The molecule has 1 aliphatic rings. The summed E-state index contributed by atoms with van der Waals surface area (Å²) >= 11 is 1.65. The number of fused-ring (bicyclic) bond motifs is 1. The van der Waals surface area contributed by atoms with Crippen molar-refractivity contribution in [3.63, 3.8) is 0 Å². The van der Waals surface area contributed by atoms with E-state index >= 15 is 0 Å². The molecule has 1 aromatic carbocycles. The quantitative estimate of drug-likeness (QED) is 0.734. The van der Waals surface area contributed by atoms with Gasteiger partial charge < -0.3 is 25.0 Å². The van der Waals surface area contributed by atoms with Crippen LogP contribution in [0.25, 0.3) is 10.2 Å². The van der Waals surface area contributed by atoms with Crippen LogP contribution in [-0.4, -0.2) is 64.0 Å². The Morgan fingerprint density at radius 2 is 2.25 bits per heavy atom. The third-order valence-electron chi connectivity index (χ3n) is 3.71. The van der Waals surface area contributed by atoms with Crippen molar-refractivity contribution in [3.8, 4) is 0 Å². The number of carbonyl (C=O) groups is 1. The van der Waals surface area contributed by atoms with E-state index < -0.39 is 0 Å². The van der Waals surface area contributed by atoms with Crippen LogP contribution >= 0.6 is 11.3 Å². The number of thiazole rings is 1. The highest BCUT2D eigenvalue weighted by Gasteiger charge is 2.15. The topological polar surface area (TPSA) is 75.7 Å². The molecule has 24 heavy (non-hydrogen) atoms. The van der Waals surface area contributed by atoms with Gasteiger partial charge in [0.15, 0.2) is 5.13 Å². The number of anilines is 2. The number of nitrogens with one attached hydrogen (secondary N) is 2. The fourth-order valence-corrected chi connectivity index (χ4v) is 3.52. The van der Waals surface area contributed by atoms with Gasteiger partial charge >= 0.3 is 0 Å². The zero-order valence-electron chi connectivity index (χ0n) is 13.7. The molecule has 1 amide bonds. The van der Waals surface area contributed by atoms with Gasteiger partial charge in [-0.1, -0.05) is 11.3 Å². The zero-order chi connectivity index (χ0) is 16.8. The molecule has 7 nitrogen and oxygen atoms in total. The number of morpholine rings is 1. The highest BCUT2D eigenvalue weighted by atomic mass is 32.1. The van der Waals surface area contributed by atoms with Gasteiger partial charge in [-0.15, -0.1) is 0 Å². The summed E-state index contributed by atoms with van der Waals surface area (Å²) < 4.78 is 11.4. The Kier molecular flexibility index (Phi) is 5.97. The van der Waals surface area contributed by atoms with Crippen molar-refractivity contribution in [2.45, 2.75) is 0 Å². The average Bonchev–Trinajstić information content (AvgIpc) is 3.03. The van der Waals surface area contributed by atoms with Gasteiger partial charge in [-0.2, -0.15) is 0 Å². The van der Waals surface area contributed by atoms with Crippen molar-refractivity contribution in [1.29, 1.82) is 0 Å². The minimum absolute atomic E-state index is 0.0663. The molecule has 0 spiro atoms. The first-order valence-electron chi connectivity index (χ1n) is 7.99. The molecule has 0 radical (unpaired) electrons. The summed E-state index contributed by atoms with van der Waals surface area (Å²) in [5, 5.41) is 6.94. The lowest BCUT2D eigenvalue weighted by Crippen LogP contribution is -2.36. The van der Waals surface area contributed by atoms with Gasteiger partial charge in [0.25, 0.3) is 0 Å². The first-order valence-corrected chi connectivity index (χ1v) is 8.81. The van der Waals surface area contributed by atoms with E-state index in [0.717, 1.165) is 47.3 Å². The van der Waals surface area contributed by atoms with Crippen molar-refractivity contribution >= 4 is 38.3 Å². The van der Waals surface area contributed by atoms with Crippen molar-refractivity contribution < 1.29 is 14.3 Å². The first-order chi connectivity index (χ1) is 11.8. The number of rotatable bonds is 7. The lowest BCUT2D eigenvalue weighted by Gasteiger charge is -2.25. The molecule has 130 valence electrons. The van der Waals surface area contributed by atoms with Crippen LogP contribution in [0.2, 0.25) is 0 Å². The summed E-state index contributed by atoms with van der Waals surface area (Å²) in [7, 11) is 1.64. The second-order valence-corrected chi connectivity index (χ2v) is 6.51. The van der Waals surface area contributed by atoms with Crippen LogP contribution in [-0.2, 0) is 14.3 Å². The first kappa shape index (κ1) is 17.1. The van der Waals surface area contributed by atoms with Crippen LogP contribution in [0, 0.1) is 0 Å². The molecule has 1 fully saturated rings. The van der Waals surface area contributed by atoms with Crippen LogP contribution < -0.4 is 15.5 Å². The number of ether oxygens (including phenoxy) is 2. The Bertz CT molecular complexity index is 685. The molecule has 3 rings (SSSR count). The van der Waals surface area contributed by atoms with E-state index in [1.807, 2.05) is 18.2 Å². The summed E-state index contributed by atoms with van der Waals surface area (Å²) in [5.74, 6) is -0.0663. The van der Waals surface area contributed by atoms with E-state index in [2.05, 4.69) is 20.5 Å². The SMILES string of the molecule is COCCNCC(=O)Nc1ccc2nc(N3CCOCC3)sc2c1. The van der Waals surface area contributed by atoms with Gasteiger partial charge in [-0.05, 0) is 18.2 Å². The lowest BCUT2D eigenvalue weighted by molar-refractivity contribution is -0.115. The Hall–Kier alpha value is -1.74. The number of nitrogens with zero attached hydrogens (tertiary/aromatic N) is 2. The molecule has 1 saturated heterocycles. The summed E-state index contributed by atoms with van der Waals surface area (Å²) in [5.41, 5.74) is 1.75. The highest BCUT2D eigenvalue weighted by molar-refractivity contribution is 7.22. The van der Waals surface area contributed by atoms with Crippen molar-refractivity contribution in [2.24, 2.45) is 0 Å².